The van der Waals surface area contributed by atoms with Crippen molar-refractivity contribution in [2.75, 3.05) is 20.8 Å². The molecule has 0 unspecified atom stereocenters. The van der Waals surface area contributed by atoms with E-state index >= 15 is 0 Å². The van der Waals surface area contributed by atoms with Crippen LogP contribution in [0.25, 0.3) is 0 Å². The molecule has 0 spiro atoms. The molecule has 2 aliphatic rings. The van der Waals surface area contributed by atoms with Crippen molar-refractivity contribution in [1.82, 2.24) is 0 Å². The number of aliphatic hydroxyl groups excluding tert-OH is 1. The fourth-order valence-corrected chi connectivity index (χ4v) is 5.23. The highest BCUT2D eigenvalue weighted by Gasteiger charge is 2.50. The van der Waals surface area contributed by atoms with E-state index < -0.39 is 6.10 Å². The second-order valence-corrected chi connectivity index (χ2v) is 9.70. The molecule has 0 amide bonds. The third-order valence-corrected chi connectivity index (χ3v) is 7.25. The molecule has 4 rings (SSSR count). The lowest BCUT2D eigenvalue weighted by Gasteiger charge is -2.51. The van der Waals surface area contributed by atoms with Gasteiger partial charge in [-0.3, -0.25) is 4.79 Å². The zero-order valence-electron chi connectivity index (χ0n) is 21.8. The van der Waals surface area contributed by atoms with Crippen LogP contribution >= 0.6 is 0 Å². The Morgan fingerprint density at radius 2 is 1.65 bits per heavy atom. The lowest BCUT2D eigenvalue weighted by Crippen LogP contribution is -2.61. The summed E-state index contributed by atoms with van der Waals surface area (Å²) in [6.45, 7) is 2.89. The van der Waals surface area contributed by atoms with Crippen molar-refractivity contribution < 1.29 is 38.3 Å². The maximum atomic E-state index is 12.2. The van der Waals surface area contributed by atoms with Gasteiger partial charge < -0.3 is 33.5 Å². The van der Waals surface area contributed by atoms with Crippen LogP contribution < -0.4 is 4.74 Å². The summed E-state index contributed by atoms with van der Waals surface area (Å²) in [7, 11) is 3.01. The first-order valence-electron chi connectivity index (χ1n) is 12.9. The molecule has 0 radical (unpaired) electrons. The summed E-state index contributed by atoms with van der Waals surface area (Å²) < 4.78 is 35.8. The highest BCUT2D eigenvalue weighted by atomic mass is 16.6. The molecular formula is C29H38O8. The summed E-state index contributed by atoms with van der Waals surface area (Å²) >= 11 is 0. The Labute approximate surface area is 218 Å². The zero-order valence-corrected chi connectivity index (χ0v) is 21.8. The third-order valence-electron chi connectivity index (χ3n) is 7.25. The van der Waals surface area contributed by atoms with Gasteiger partial charge in [-0.15, -0.1) is 0 Å². The van der Waals surface area contributed by atoms with E-state index in [0.29, 0.717) is 26.1 Å². The Hall–Kier alpha value is -2.49. The summed E-state index contributed by atoms with van der Waals surface area (Å²) in [6, 6.07) is 17.6. The number of fused-ring (bicyclic) bond motifs is 1. The Balaban J connectivity index is 1.47. The molecule has 0 aromatic heterocycles. The molecule has 2 aliphatic heterocycles. The first-order valence-corrected chi connectivity index (χ1v) is 12.9. The molecule has 2 saturated heterocycles. The van der Waals surface area contributed by atoms with Gasteiger partial charge in [-0.25, -0.2) is 0 Å². The first-order chi connectivity index (χ1) is 18.0. The number of carbonyl (C=O) groups is 1. The van der Waals surface area contributed by atoms with E-state index in [-0.39, 0.29) is 55.4 Å². The van der Waals surface area contributed by atoms with Gasteiger partial charge in [-0.05, 0) is 29.7 Å². The van der Waals surface area contributed by atoms with E-state index in [9.17, 15) is 9.90 Å². The number of rotatable bonds is 11. The van der Waals surface area contributed by atoms with Gasteiger partial charge in [0.1, 0.15) is 5.75 Å². The van der Waals surface area contributed by atoms with E-state index in [1.54, 1.807) is 7.11 Å². The fraction of sp³-hybridized carbons (Fsp3) is 0.552. The van der Waals surface area contributed by atoms with E-state index in [2.05, 4.69) is 6.92 Å². The van der Waals surface area contributed by atoms with Gasteiger partial charge in [0.25, 0.3) is 0 Å². The summed E-state index contributed by atoms with van der Waals surface area (Å²) in [6.07, 6.45) is -0.699. The molecule has 2 aromatic carbocycles. The Kier molecular flexibility index (Phi) is 9.94. The number of hydrogen-bond donors (Lipinski definition) is 1. The Bertz CT molecular complexity index is 966. The van der Waals surface area contributed by atoms with Gasteiger partial charge in [-0.2, -0.15) is 0 Å². The molecule has 1 N–H and O–H groups in total. The first kappa shape index (κ1) is 27.5. The predicted molar refractivity (Wildman–Crippen MR) is 136 cm³/mol. The molecule has 37 heavy (non-hydrogen) atoms. The van der Waals surface area contributed by atoms with Crippen molar-refractivity contribution in [2.45, 2.75) is 76.0 Å². The van der Waals surface area contributed by atoms with Crippen molar-refractivity contribution >= 4 is 5.97 Å². The average Bonchev–Trinajstić information content (AvgIpc) is 2.93. The third kappa shape index (κ3) is 7.09. The Morgan fingerprint density at radius 1 is 0.946 bits per heavy atom. The smallest absolute Gasteiger partial charge is 0.308 e. The number of esters is 1. The van der Waals surface area contributed by atoms with Crippen LogP contribution in [0.2, 0.25) is 0 Å². The SMILES string of the molecule is COC(=O)C[C@@H]1O[C@H]2C[C@@H](OCc3ccccc3)[C@@H](CCO)O[C@H]2[C@H](C)[C@H]1OCc1ccc(OC)cc1. The lowest BCUT2D eigenvalue weighted by molar-refractivity contribution is -0.280. The highest BCUT2D eigenvalue weighted by molar-refractivity contribution is 5.69. The zero-order chi connectivity index (χ0) is 26.2. The van der Waals surface area contributed by atoms with Crippen molar-refractivity contribution in [2.24, 2.45) is 5.92 Å². The molecule has 0 saturated carbocycles. The van der Waals surface area contributed by atoms with Crippen molar-refractivity contribution in [3.63, 3.8) is 0 Å². The van der Waals surface area contributed by atoms with E-state index in [0.717, 1.165) is 16.9 Å². The standard InChI is InChI=1S/C29H38O8/c1-19-28(35-18-21-9-11-22(32-2)12-10-21)26(16-27(31)33-3)36-25-15-24(23(13-14-30)37-29(19)25)34-17-20-7-5-4-6-8-20/h4-12,19,23-26,28-30H,13-18H2,1-3H3/t19-,23-,24-,25+,26+,28-,29+/m1/s1. The van der Waals surface area contributed by atoms with Crippen LogP contribution in [0.3, 0.4) is 0 Å². The van der Waals surface area contributed by atoms with Crippen LogP contribution in [-0.4, -0.2) is 68.5 Å². The van der Waals surface area contributed by atoms with Gasteiger partial charge in [0.2, 0.25) is 0 Å². The van der Waals surface area contributed by atoms with Crippen molar-refractivity contribution in [3.05, 3.63) is 65.7 Å². The van der Waals surface area contributed by atoms with Gasteiger partial charge in [-0.1, -0.05) is 49.4 Å². The minimum atomic E-state index is -0.477. The summed E-state index contributed by atoms with van der Waals surface area (Å²) in [5.74, 6) is 0.377. The largest absolute Gasteiger partial charge is 0.497 e. The molecule has 8 heteroatoms. The molecule has 2 fully saturated rings. The average molecular weight is 515 g/mol. The number of aliphatic hydroxyl groups is 1. The number of ether oxygens (including phenoxy) is 6. The van der Waals surface area contributed by atoms with Gasteiger partial charge >= 0.3 is 5.97 Å². The summed E-state index contributed by atoms with van der Waals surface area (Å²) in [5.41, 5.74) is 2.06. The van der Waals surface area contributed by atoms with Crippen LogP contribution in [-0.2, 0) is 41.7 Å². The Morgan fingerprint density at radius 3 is 2.32 bits per heavy atom. The maximum Gasteiger partial charge on any atom is 0.308 e. The summed E-state index contributed by atoms with van der Waals surface area (Å²) in [5, 5.41) is 9.70. The predicted octanol–water partition coefficient (Wildman–Crippen LogP) is 3.67. The fourth-order valence-electron chi connectivity index (χ4n) is 5.23. The van der Waals surface area contributed by atoms with Crippen LogP contribution in [0, 0.1) is 5.92 Å². The minimum absolute atomic E-state index is 0.00481. The van der Waals surface area contributed by atoms with Crippen LogP contribution in [0.4, 0.5) is 0 Å². The lowest BCUT2D eigenvalue weighted by atomic mass is 9.81. The number of methoxy groups -OCH3 is 2. The monoisotopic (exact) mass is 514 g/mol. The molecule has 2 aromatic rings. The quantitative estimate of drug-likeness (QED) is 0.454. The van der Waals surface area contributed by atoms with Crippen LogP contribution in [0.1, 0.15) is 37.3 Å². The number of hydrogen-bond acceptors (Lipinski definition) is 8. The van der Waals surface area contributed by atoms with E-state index in [1.165, 1.54) is 7.11 Å². The molecule has 2 heterocycles. The van der Waals surface area contributed by atoms with Crippen molar-refractivity contribution in [1.29, 1.82) is 0 Å². The topological polar surface area (TPSA) is 92.7 Å². The van der Waals surface area contributed by atoms with Gasteiger partial charge in [0.05, 0.1) is 70.5 Å². The molecule has 7 atom stereocenters. The molecule has 0 aliphatic carbocycles. The van der Waals surface area contributed by atoms with Crippen molar-refractivity contribution in [3.8, 4) is 5.75 Å². The minimum Gasteiger partial charge on any atom is -0.497 e. The highest BCUT2D eigenvalue weighted by Crippen LogP contribution is 2.39. The number of carbonyl (C=O) groups excluding carboxylic acids is 1. The second kappa shape index (κ2) is 13.3. The van der Waals surface area contributed by atoms with Gasteiger partial charge in [0.15, 0.2) is 0 Å². The second-order valence-electron chi connectivity index (χ2n) is 9.70. The molecule has 202 valence electrons. The molecular weight excluding hydrogens is 476 g/mol. The maximum absolute atomic E-state index is 12.2. The molecule has 8 nitrogen and oxygen atoms in total. The van der Waals surface area contributed by atoms with Crippen LogP contribution in [0.15, 0.2) is 54.6 Å². The summed E-state index contributed by atoms with van der Waals surface area (Å²) in [4.78, 5) is 12.2. The van der Waals surface area contributed by atoms with Crippen LogP contribution in [0.5, 0.6) is 5.75 Å². The normalized spacial score (nSPS) is 29.4. The van der Waals surface area contributed by atoms with E-state index in [4.69, 9.17) is 28.4 Å². The van der Waals surface area contributed by atoms with E-state index in [1.807, 2.05) is 54.6 Å². The molecule has 0 bridgehead atoms. The number of benzene rings is 2. The van der Waals surface area contributed by atoms with Gasteiger partial charge in [0, 0.05) is 18.9 Å².